The average molecular weight is 205 g/mol. The molecular weight excluding hydrogens is 182 g/mol. The first-order chi connectivity index (χ1) is 6.27. The molecule has 0 aromatic rings. The molecule has 0 aliphatic rings. The van der Waals surface area contributed by atoms with Crippen LogP contribution in [0, 0.1) is 0 Å². The molecule has 0 spiro atoms. The summed E-state index contributed by atoms with van der Waals surface area (Å²) >= 11 is 1.95. The second kappa shape index (κ2) is 10.3. The summed E-state index contributed by atoms with van der Waals surface area (Å²) in [4.78, 5) is 0. The Kier molecular flexibility index (Phi) is 10.5. The molecule has 0 radical (unpaired) electrons. The molecule has 0 heterocycles. The largest absolute Gasteiger partial charge is 0.328 e. The molecule has 0 saturated heterocycles. The standard InChI is InChI=1S/C9H23N3S/c1-9(10)4-3-7-13-8-12-6-5-11-2/h9,11-12H,3-8,10H2,1-2H3. The molecule has 0 rings (SSSR count). The average Bonchev–Trinajstić information content (AvgIpc) is 2.09. The maximum atomic E-state index is 5.64. The zero-order valence-electron chi connectivity index (χ0n) is 8.81. The Morgan fingerprint density at radius 2 is 2.15 bits per heavy atom. The summed E-state index contributed by atoms with van der Waals surface area (Å²) in [6.45, 7) is 4.16. The van der Waals surface area contributed by atoms with Gasteiger partial charge in [-0.1, -0.05) is 0 Å². The lowest BCUT2D eigenvalue weighted by molar-refractivity contribution is 0.655. The van der Waals surface area contributed by atoms with Crippen LogP contribution >= 0.6 is 11.8 Å². The maximum absolute atomic E-state index is 5.64. The van der Waals surface area contributed by atoms with Crippen LogP contribution in [0.25, 0.3) is 0 Å². The number of nitrogens with two attached hydrogens (primary N) is 1. The normalized spacial score (nSPS) is 13.2. The summed E-state index contributed by atoms with van der Waals surface area (Å²) in [5.74, 6) is 2.27. The fourth-order valence-electron chi connectivity index (χ4n) is 0.937. The van der Waals surface area contributed by atoms with E-state index in [1.165, 1.54) is 12.2 Å². The highest BCUT2D eigenvalue weighted by molar-refractivity contribution is 7.99. The van der Waals surface area contributed by atoms with Crippen molar-refractivity contribution in [3.05, 3.63) is 0 Å². The summed E-state index contributed by atoms with van der Waals surface area (Å²) in [6.07, 6.45) is 2.37. The lowest BCUT2D eigenvalue weighted by Gasteiger charge is -2.05. The Balaban J connectivity index is 2.84. The van der Waals surface area contributed by atoms with E-state index in [0.29, 0.717) is 6.04 Å². The Morgan fingerprint density at radius 3 is 2.77 bits per heavy atom. The molecule has 13 heavy (non-hydrogen) atoms. The first-order valence-electron chi connectivity index (χ1n) is 4.96. The van der Waals surface area contributed by atoms with Gasteiger partial charge >= 0.3 is 0 Å². The molecular formula is C9H23N3S. The molecule has 4 N–H and O–H groups in total. The molecule has 80 valence electrons. The summed E-state index contributed by atoms with van der Waals surface area (Å²) in [5.41, 5.74) is 5.64. The van der Waals surface area contributed by atoms with Crippen LogP contribution in [-0.4, -0.2) is 37.8 Å². The highest BCUT2D eigenvalue weighted by Crippen LogP contribution is 2.03. The molecule has 0 aliphatic heterocycles. The van der Waals surface area contributed by atoms with Crippen molar-refractivity contribution in [2.75, 3.05) is 31.8 Å². The minimum Gasteiger partial charge on any atom is -0.328 e. The smallest absolute Gasteiger partial charge is 0.0418 e. The Morgan fingerprint density at radius 1 is 1.38 bits per heavy atom. The van der Waals surface area contributed by atoms with Crippen LogP contribution in [0.2, 0.25) is 0 Å². The molecule has 1 unspecified atom stereocenters. The lowest BCUT2D eigenvalue weighted by Crippen LogP contribution is -2.24. The third-order valence-corrected chi connectivity index (χ3v) is 2.69. The van der Waals surface area contributed by atoms with Gasteiger partial charge in [0.1, 0.15) is 0 Å². The van der Waals surface area contributed by atoms with Crippen molar-refractivity contribution < 1.29 is 0 Å². The number of likely N-dealkylation sites (N-methyl/N-ethyl adjacent to an activating group) is 1. The number of nitrogens with one attached hydrogen (secondary N) is 2. The molecule has 3 nitrogen and oxygen atoms in total. The van der Waals surface area contributed by atoms with Gasteiger partial charge in [-0.2, -0.15) is 0 Å². The highest BCUT2D eigenvalue weighted by Gasteiger charge is 1.93. The maximum Gasteiger partial charge on any atom is 0.0418 e. The van der Waals surface area contributed by atoms with Crippen LogP contribution in [0.15, 0.2) is 0 Å². The van der Waals surface area contributed by atoms with Gasteiger partial charge in [0.2, 0.25) is 0 Å². The van der Waals surface area contributed by atoms with Crippen molar-refractivity contribution in [2.24, 2.45) is 5.73 Å². The van der Waals surface area contributed by atoms with Gasteiger partial charge in [-0.15, -0.1) is 11.8 Å². The Bertz CT molecular complexity index is 98.9. The second-order valence-electron chi connectivity index (χ2n) is 3.28. The van der Waals surface area contributed by atoms with Gasteiger partial charge in [0.25, 0.3) is 0 Å². The number of hydrogen-bond donors (Lipinski definition) is 3. The van der Waals surface area contributed by atoms with E-state index in [-0.39, 0.29) is 0 Å². The number of rotatable bonds is 9. The number of thioether (sulfide) groups is 1. The topological polar surface area (TPSA) is 50.1 Å². The monoisotopic (exact) mass is 205 g/mol. The molecule has 0 saturated carbocycles. The molecule has 4 heteroatoms. The van der Waals surface area contributed by atoms with Crippen LogP contribution in [0.4, 0.5) is 0 Å². The summed E-state index contributed by atoms with van der Waals surface area (Å²) in [5, 5.41) is 6.44. The van der Waals surface area contributed by atoms with Crippen LogP contribution in [0.5, 0.6) is 0 Å². The van der Waals surface area contributed by atoms with Crippen molar-refractivity contribution in [1.82, 2.24) is 10.6 Å². The van der Waals surface area contributed by atoms with Crippen molar-refractivity contribution in [1.29, 1.82) is 0 Å². The lowest BCUT2D eigenvalue weighted by atomic mass is 10.2. The van der Waals surface area contributed by atoms with Crippen LogP contribution in [0.3, 0.4) is 0 Å². The van der Waals surface area contributed by atoms with Gasteiger partial charge < -0.3 is 16.4 Å². The first-order valence-corrected chi connectivity index (χ1v) is 6.11. The molecule has 0 aromatic heterocycles. The van der Waals surface area contributed by atoms with E-state index in [0.717, 1.165) is 25.4 Å². The molecule has 0 aliphatic carbocycles. The quantitative estimate of drug-likeness (QED) is 0.381. The summed E-state index contributed by atoms with van der Waals surface area (Å²) < 4.78 is 0. The molecule has 0 fully saturated rings. The SMILES string of the molecule is CNCCNCSCCCC(C)N. The summed E-state index contributed by atoms with van der Waals surface area (Å²) in [7, 11) is 1.97. The minimum atomic E-state index is 0.359. The van der Waals surface area contributed by atoms with Crippen LogP contribution in [-0.2, 0) is 0 Å². The van der Waals surface area contributed by atoms with Gasteiger partial charge in [0.15, 0.2) is 0 Å². The third kappa shape index (κ3) is 12.2. The molecule has 0 bridgehead atoms. The van der Waals surface area contributed by atoms with Crippen molar-refractivity contribution in [2.45, 2.75) is 25.8 Å². The van der Waals surface area contributed by atoms with E-state index in [1.54, 1.807) is 0 Å². The third-order valence-electron chi connectivity index (χ3n) is 1.70. The zero-order valence-corrected chi connectivity index (χ0v) is 9.62. The fourth-order valence-corrected chi connectivity index (χ4v) is 1.74. The fraction of sp³-hybridized carbons (Fsp3) is 1.00. The molecule has 1 atom stereocenters. The Labute approximate surface area is 86.2 Å². The van der Waals surface area contributed by atoms with Gasteiger partial charge in [-0.05, 0) is 32.6 Å². The minimum absolute atomic E-state index is 0.359. The van der Waals surface area contributed by atoms with Gasteiger partial charge in [0.05, 0.1) is 0 Å². The van der Waals surface area contributed by atoms with Crippen LogP contribution < -0.4 is 16.4 Å². The van der Waals surface area contributed by atoms with E-state index in [1.807, 2.05) is 18.8 Å². The molecule has 0 amide bonds. The van der Waals surface area contributed by atoms with E-state index < -0.39 is 0 Å². The van der Waals surface area contributed by atoms with Crippen molar-refractivity contribution in [3.8, 4) is 0 Å². The van der Waals surface area contributed by atoms with Gasteiger partial charge in [-0.25, -0.2) is 0 Å². The van der Waals surface area contributed by atoms with E-state index in [9.17, 15) is 0 Å². The van der Waals surface area contributed by atoms with Crippen LogP contribution in [0.1, 0.15) is 19.8 Å². The highest BCUT2D eigenvalue weighted by atomic mass is 32.2. The van der Waals surface area contributed by atoms with E-state index in [4.69, 9.17) is 5.73 Å². The summed E-state index contributed by atoms with van der Waals surface area (Å²) in [6, 6.07) is 0.359. The van der Waals surface area contributed by atoms with Crippen molar-refractivity contribution >= 4 is 11.8 Å². The van der Waals surface area contributed by atoms with Gasteiger partial charge in [0, 0.05) is 25.0 Å². The predicted octanol–water partition coefficient (Wildman–Crippen LogP) is 0.614. The van der Waals surface area contributed by atoms with Crippen molar-refractivity contribution in [3.63, 3.8) is 0 Å². The molecule has 0 aromatic carbocycles. The predicted molar refractivity (Wildman–Crippen MR) is 62.1 cm³/mol. The second-order valence-corrected chi connectivity index (χ2v) is 4.38. The van der Waals surface area contributed by atoms with E-state index >= 15 is 0 Å². The first kappa shape index (κ1) is 13.2. The number of hydrogen-bond acceptors (Lipinski definition) is 4. The Hall–Kier alpha value is 0.230. The van der Waals surface area contributed by atoms with E-state index in [2.05, 4.69) is 17.6 Å². The van der Waals surface area contributed by atoms with Gasteiger partial charge in [-0.3, -0.25) is 0 Å². The zero-order chi connectivity index (χ0) is 9.94.